The zero-order valence-corrected chi connectivity index (χ0v) is 13.9. The van der Waals surface area contributed by atoms with E-state index in [4.69, 9.17) is 8.94 Å². The van der Waals surface area contributed by atoms with Gasteiger partial charge >= 0.3 is 0 Å². The first-order valence-corrected chi connectivity index (χ1v) is 8.47. The molecule has 0 saturated carbocycles. The SMILES string of the molecule is CCNCc1cc(S(=O)(=O)NCc2noc(C)n2)c(Br)o1. The van der Waals surface area contributed by atoms with E-state index in [9.17, 15) is 8.42 Å². The zero-order valence-electron chi connectivity index (χ0n) is 11.5. The Hall–Kier alpha value is -1.23. The number of aromatic nitrogens is 2. The zero-order chi connectivity index (χ0) is 15.5. The quantitative estimate of drug-likeness (QED) is 0.747. The van der Waals surface area contributed by atoms with E-state index in [2.05, 4.69) is 36.1 Å². The molecule has 2 N–H and O–H groups in total. The van der Waals surface area contributed by atoms with Gasteiger partial charge in [0.15, 0.2) is 10.5 Å². The lowest BCUT2D eigenvalue weighted by Gasteiger charge is -2.01. The molecule has 0 unspecified atom stereocenters. The van der Waals surface area contributed by atoms with E-state index < -0.39 is 10.0 Å². The standard InChI is InChI=1S/C11H15BrN4O4S/c1-3-13-5-8-4-9(11(12)19-8)21(17,18)14-6-10-15-7(2)20-16-10/h4,13-14H,3,5-6H2,1-2H3. The molecule has 0 bridgehead atoms. The monoisotopic (exact) mass is 378 g/mol. The first-order valence-electron chi connectivity index (χ1n) is 6.20. The molecule has 0 saturated heterocycles. The molecular formula is C11H15BrN4O4S. The van der Waals surface area contributed by atoms with Gasteiger partial charge in [-0.3, -0.25) is 0 Å². The molecule has 8 nitrogen and oxygen atoms in total. The number of furan rings is 1. The summed E-state index contributed by atoms with van der Waals surface area (Å²) in [5, 5.41) is 6.68. The van der Waals surface area contributed by atoms with Crippen molar-refractivity contribution in [3.8, 4) is 0 Å². The van der Waals surface area contributed by atoms with Gasteiger partial charge in [0.05, 0.1) is 13.1 Å². The molecule has 2 rings (SSSR count). The molecule has 0 aliphatic carbocycles. The van der Waals surface area contributed by atoms with Crippen molar-refractivity contribution in [3.63, 3.8) is 0 Å². The van der Waals surface area contributed by atoms with Gasteiger partial charge in [-0.1, -0.05) is 12.1 Å². The maximum atomic E-state index is 12.2. The molecule has 21 heavy (non-hydrogen) atoms. The highest BCUT2D eigenvalue weighted by atomic mass is 79.9. The van der Waals surface area contributed by atoms with E-state index in [1.54, 1.807) is 6.92 Å². The smallest absolute Gasteiger partial charge is 0.245 e. The number of hydrogen-bond donors (Lipinski definition) is 2. The molecule has 116 valence electrons. The van der Waals surface area contributed by atoms with E-state index in [-0.39, 0.29) is 21.9 Å². The van der Waals surface area contributed by atoms with Crippen molar-refractivity contribution in [2.24, 2.45) is 0 Å². The van der Waals surface area contributed by atoms with Crippen molar-refractivity contribution in [2.45, 2.75) is 31.8 Å². The molecule has 0 radical (unpaired) electrons. The largest absolute Gasteiger partial charge is 0.452 e. The Morgan fingerprint density at radius 1 is 1.38 bits per heavy atom. The summed E-state index contributed by atoms with van der Waals surface area (Å²) in [7, 11) is -3.72. The normalized spacial score (nSPS) is 12.0. The molecule has 0 aliphatic rings. The van der Waals surface area contributed by atoms with Crippen LogP contribution in [0.5, 0.6) is 0 Å². The minimum Gasteiger partial charge on any atom is -0.452 e. The summed E-state index contributed by atoms with van der Waals surface area (Å²) in [6.45, 7) is 4.74. The predicted octanol–water partition coefficient (Wildman–Crippen LogP) is 1.32. The number of rotatable bonds is 7. The number of hydrogen-bond acceptors (Lipinski definition) is 7. The van der Waals surface area contributed by atoms with Crippen molar-refractivity contribution in [3.05, 3.63) is 28.2 Å². The van der Waals surface area contributed by atoms with Gasteiger partial charge < -0.3 is 14.3 Å². The summed E-state index contributed by atoms with van der Waals surface area (Å²) in [6, 6.07) is 1.47. The first kappa shape index (κ1) is 16.1. The van der Waals surface area contributed by atoms with Crippen LogP contribution in [-0.2, 0) is 23.1 Å². The lowest BCUT2D eigenvalue weighted by molar-refractivity contribution is 0.387. The highest BCUT2D eigenvalue weighted by molar-refractivity contribution is 9.10. The summed E-state index contributed by atoms with van der Waals surface area (Å²) in [5.41, 5.74) is 0. The van der Waals surface area contributed by atoms with Crippen LogP contribution in [0.25, 0.3) is 0 Å². The lowest BCUT2D eigenvalue weighted by atomic mass is 10.4. The number of sulfonamides is 1. The molecule has 0 fully saturated rings. The third-order valence-electron chi connectivity index (χ3n) is 2.54. The van der Waals surface area contributed by atoms with Crippen LogP contribution in [-0.4, -0.2) is 25.1 Å². The average molecular weight is 379 g/mol. The van der Waals surface area contributed by atoms with Crippen LogP contribution in [0.15, 0.2) is 24.6 Å². The predicted molar refractivity (Wildman–Crippen MR) is 76.8 cm³/mol. The number of nitrogens with zero attached hydrogens (tertiary/aromatic N) is 2. The van der Waals surface area contributed by atoms with Crippen LogP contribution in [0, 0.1) is 6.92 Å². The summed E-state index contributed by atoms with van der Waals surface area (Å²) >= 11 is 3.11. The Balaban J connectivity index is 2.09. The maximum Gasteiger partial charge on any atom is 0.245 e. The van der Waals surface area contributed by atoms with E-state index >= 15 is 0 Å². The van der Waals surface area contributed by atoms with Gasteiger partial charge in [0, 0.05) is 13.0 Å². The summed E-state index contributed by atoms with van der Waals surface area (Å²) in [6.07, 6.45) is 0. The van der Waals surface area contributed by atoms with Gasteiger partial charge in [0.1, 0.15) is 10.7 Å². The van der Waals surface area contributed by atoms with Crippen molar-refractivity contribution < 1.29 is 17.4 Å². The minimum atomic E-state index is -3.72. The Morgan fingerprint density at radius 3 is 2.76 bits per heavy atom. The Morgan fingerprint density at radius 2 is 2.14 bits per heavy atom. The fraction of sp³-hybridized carbons (Fsp3) is 0.455. The topological polar surface area (TPSA) is 110 Å². The number of halogens is 1. The van der Waals surface area contributed by atoms with E-state index in [0.29, 0.717) is 18.2 Å². The van der Waals surface area contributed by atoms with Crippen LogP contribution >= 0.6 is 15.9 Å². The fourth-order valence-corrected chi connectivity index (χ4v) is 3.54. The first-order chi connectivity index (χ1) is 9.92. The number of nitrogens with one attached hydrogen (secondary N) is 2. The lowest BCUT2D eigenvalue weighted by Crippen LogP contribution is -2.23. The van der Waals surface area contributed by atoms with Gasteiger partial charge in [0.25, 0.3) is 0 Å². The summed E-state index contributed by atoms with van der Waals surface area (Å²) in [4.78, 5) is 3.96. The molecule has 0 amide bonds. The van der Waals surface area contributed by atoms with E-state index in [0.717, 1.165) is 6.54 Å². The van der Waals surface area contributed by atoms with Crippen LogP contribution in [0.1, 0.15) is 24.4 Å². The highest BCUT2D eigenvalue weighted by Crippen LogP contribution is 2.26. The van der Waals surface area contributed by atoms with E-state index in [1.807, 2.05) is 6.92 Å². The molecule has 2 aromatic rings. The molecule has 10 heteroatoms. The van der Waals surface area contributed by atoms with Gasteiger partial charge in [0.2, 0.25) is 15.9 Å². The van der Waals surface area contributed by atoms with E-state index in [1.165, 1.54) is 6.07 Å². The van der Waals surface area contributed by atoms with Crippen molar-refractivity contribution in [1.82, 2.24) is 20.2 Å². The number of aryl methyl sites for hydroxylation is 1. The second-order valence-corrected chi connectivity index (χ2v) is 6.64. The van der Waals surface area contributed by atoms with Crippen LogP contribution in [0.3, 0.4) is 0 Å². The second kappa shape index (κ2) is 6.69. The molecule has 0 atom stereocenters. The highest BCUT2D eigenvalue weighted by Gasteiger charge is 2.22. The van der Waals surface area contributed by atoms with Gasteiger partial charge in [-0.15, -0.1) is 0 Å². The van der Waals surface area contributed by atoms with Gasteiger partial charge in [-0.2, -0.15) is 4.98 Å². The summed E-state index contributed by atoms with van der Waals surface area (Å²) < 4.78 is 37.1. The molecule has 0 aromatic carbocycles. The molecule has 0 spiro atoms. The third kappa shape index (κ3) is 4.13. The molecule has 0 aliphatic heterocycles. The van der Waals surface area contributed by atoms with Gasteiger partial charge in [-0.05, 0) is 22.5 Å². The Bertz CT molecular complexity index is 710. The average Bonchev–Trinajstić information content (AvgIpc) is 3.00. The Labute approximate surface area is 130 Å². The van der Waals surface area contributed by atoms with Crippen LogP contribution in [0.4, 0.5) is 0 Å². The molecule has 2 aromatic heterocycles. The third-order valence-corrected chi connectivity index (χ3v) is 4.79. The molecular weight excluding hydrogens is 364 g/mol. The fourth-order valence-electron chi connectivity index (χ4n) is 1.57. The van der Waals surface area contributed by atoms with Crippen molar-refractivity contribution >= 4 is 26.0 Å². The van der Waals surface area contributed by atoms with Crippen molar-refractivity contribution in [1.29, 1.82) is 0 Å². The minimum absolute atomic E-state index is 0.0376. The molecule has 2 heterocycles. The van der Waals surface area contributed by atoms with Crippen LogP contribution in [0.2, 0.25) is 0 Å². The van der Waals surface area contributed by atoms with Crippen LogP contribution < -0.4 is 10.0 Å². The Kier molecular flexibility index (Phi) is 5.14. The van der Waals surface area contributed by atoms with Gasteiger partial charge in [-0.25, -0.2) is 13.1 Å². The second-order valence-electron chi connectivity index (χ2n) is 4.19. The maximum absolute atomic E-state index is 12.2. The van der Waals surface area contributed by atoms with Crippen molar-refractivity contribution in [2.75, 3.05) is 6.54 Å². The summed E-state index contributed by atoms with van der Waals surface area (Å²) in [5.74, 6) is 1.17.